The van der Waals surface area contributed by atoms with Crippen molar-refractivity contribution >= 4 is 51.6 Å². The van der Waals surface area contributed by atoms with Crippen LogP contribution >= 0.6 is 23.5 Å². The van der Waals surface area contributed by atoms with E-state index in [1.165, 1.54) is 17.5 Å². The number of anilines is 1. The number of aromatic nitrogens is 1. The van der Waals surface area contributed by atoms with E-state index in [-0.39, 0.29) is 0 Å². The average molecular weight is 488 g/mol. The van der Waals surface area contributed by atoms with E-state index in [1.807, 2.05) is 48.5 Å². The lowest BCUT2D eigenvalue weighted by atomic mass is 9.88. The van der Waals surface area contributed by atoms with Crippen LogP contribution in [0.25, 0.3) is 10.9 Å². The number of allylic oxidation sites excluding steroid dienone is 4. The van der Waals surface area contributed by atoms with Crippen molar-refractivity contribution in [1.82, 2.24) is 9.88 Å². The van der Waals surface area contributed by atoms with Crippen molar-refractivity contribution in [2.75, 3.05) is 24.9 Å². The number of likely N-dealkylation sites (tertiary alicyclic amines) is 1. The number of halogens is 1. The molecule has 3 aromatic rings. The van der Waals surface area contributed by atoms with Gasteiger partial charge in [0.25, 0.3) is 0 Å². The Kier molecular flexibility index (Phi) is 6.70. The number of pyridine rings is 1. The Hall–Kier alpha value is -3.09. The molecule has 0 radical (unpaired) electrons. The molecule has 0 atom stereocenters. The van der Waals surface area contributed by atoms with Crippen molar-refractivity contribution in [3.05, 3.63) is 94.1 Å². The van der Waals surface area contributed by atoms with Crippen molar-refractivity contribution in [3.8, 4) is 0 Å². The van der Waals surface area contributed by atoms with Crippen LogP contribution in [0.3, 0.4) is 0 Å². The van der Waals surface area contributed by atoms with Gasteiger partial charge in [-0.05, 0) is 72.7 Å². The molecule has 34 heavy (non-hydrogen) atoms. The third-order valence-corrected chi connectivity index (χ3v) is 7.56. The zero-order valence-corrected chi connectivity index (χ0v) is 20.5. The zero-order valence-electron chi connectivity index (χ0n) is 19.0. The predicted molar refractivity (Wildman–Crippen MR) is 145 cm³/mol. The molecule has 5 nitrogen and oxygen atoms in total. The summed E-state index contributed by atoms with van der Waals surface area (Å²) in [4.78, 5) is 12.2. The lowest BCUT2D eigenvalue weighted by Gasteiger charge is -2.36. The molecule has 1 aromatic heterocycles. The SMILES string of the molecule is CN=C1C(=N)C(SNc2cccc3cccnc23)=CC=C1N1CCC(c2ccc(Cl)cc2)CC1. The summed E-state index contributed by atoms with van der Waals surface area (Å²) in [7, 11) is 1.77. The molecule has 2 heterocycles. The van der Waals surface area contributed by atoms with E-state index in [0.717, 1.165) is 63.9 Å². The molecule has 0 spiro atoms. The van der Waals surface area contributed by atoms with Crippen LogP contribution in [0.1, 0.15) is 24.3 Å². The fourth-order valence-electron chi connectivity index (χ4n) is 4.61. The first-order valence-corrected chi connectivity index (χ1v) is 12.6. The summed E-state index contributed by atoms with van der Waals surface area (Å²) in [6, 6.07) is 18.3. The van der Waals surface area contributed by atoms with Gasteiger partial charge in [-0.1, -0.05) is 41.9 Å². The lowest BCUT2D eigenvalue weighted by molar-refractivity contribution is 0.274. The quantitative estimate of drug-likeness (QED) is 0.310. The minimum atomic E-state index is 0.450. The van der Waals surface area contributed by atoms with Gasteiger partial charge < -0.3 is 9.62 Å². The van der Waals surface area contributed by atoms with E-state index < -0.39 is 0 Å². The van der Waals surface area contributed by atoms with Gasteiger partial charge in [-0.3, -0.25) is 15.4 Å². The van der Waals surface area contributed by atoms with Crippen LogP contribution in [-0.2, 0) is 0 Å². The largest absolute Gasteiger partial charge is 0.370 e. The number of hydrogen-bond donors (Lipinski definition) is 2. The van der Waals surface area contributed by atoms with Crippen LogP contribution < -0.4 is 4.72 Å². The second kappa shape index (κ2) is 10.0. The average Bonchev–Trinajstić information content (AvgIpc) is 2.88. The molecule has 2 aliphatic rings. The summed E-state index contributed by atoms with van der Waals surface area (Å²) in [5.74, 6) is 0.541. The lowest BCUT2D eigenvalue weighted by Crippen LogP contribution is -2.38. The van der Waals surface area contributed by atoms with Crippen LogP contribution in [0, 0.1) is 5.41 Å². The highest BCUT2D eigenvalue weighted by atomic mass is 35.5. The molecular weight excluding hydrogens is 462 g/mol. The molecule has 0 amide bonds. The molecule has 0 bridgehead atoms. The maximum absolute atomic E-state index is 8.82. The van der Waals surface area contributed by atoms with E-state index in [4.69, 9.17) is 17.0 Å². The number of piperidine rings is 1. The summed E-state index contributed by atoms with van der Waals surface area (Å²) < 4.78 is 3.39. The fourth-order valence-corrected chi connectivity index (χ4v) is 5.46. The molecule has 1 fully saturated rings. The van der Waals surface area contributed by atoms with E-state index in [0.29, 0.717) is 11.6 Å². The fraction of sp³-hybridized carbons (Fsp3) is 0.222. The van der Waals surface area contributed by atoms with Crippen LogP contribution in [0.5, 0.6) is 0 Å². The Labute approximate surface area is 209 Å². The first kappa shape index (κ1) is 22.7. The van der Waals surface area contributed by atoms with Crippen LogP contribution in [0.15, 0.2) is 88.5 Å². The highest BCUT2D eigenvalue weighted by molar-refractivity contribution is 8.05. The third-order valence-electron chi connectivity index (χ3n) is 6.42. The van der Waals surface area contributed by atoms with Crippen LogP contribution in [-0.4, -0.2) is 41.4 Å². The Bertz CT molecular complexity index is 1300. The van der Waals surface area contributed by atoms with Crippen LogP contribution in [0.2, 0.25) is 5.02 Å². The third kappa shape index (κ3) is 4.61. The first-order chi connectivity index (χ1) is 16.6. The van der Waals surface area contributed by atoms with Gasteiger partial charge in [-0.2, -0.15) is 0 Å². The first-order valence-electron chi connectivity index (χ1n) is 11.4. The summed E-state index contributed by atoms with van der Waals surface area (Å²) in [5.41, 5.74) is 5.44. The molecule has 172 valence electrons. The van der Waals surface area contributed by atoms with Gasteiger partial charge in [0.2, 0.25) is 0 Å². The van der Waals surface area contributed by atoms with Gasteiger partial charge in [0, 0.05) is 36.7 Å². The molecule has 1 aliphatic carbocycles. The number of hydrogen-bond acceptors (Lipinski definition) is 6. The summed E-state index contributed by atoms with van der Waals surface area (Å²) in [5, 5.41) is 10.7. The molecule has 1 saturated heterocycles. The second-order valence-corrected chi connectivity index (χ2v) is 9.71. The van der Waals surface area contributed by atoms with E-state index in [1.54, 1.807) is 13.2 Å². The van der Waals surface area contributed by atoms with Gasteiger partial charge in [0.05, 0.1) is 27.5 Å². The monoisotopic (exact) mass is 487 g/mol. The summed E-state index contributed by atoms with van der Waals surface area (Å²) in [6.07, 6.45) is 8.07. The number of fused-ring (bicyclic) bond motifs is 1. The smallest absolute Gasteiger partial charge is 0.107 e. The maximum Gasteiger partial charge on any atom is 0.107 e. The van der Waals surface area contributed by atoms with Crippen LogP contribution in [0.4, 0.5) is 5.69 Å². The summed E-state index contributed by atoms with van der Waals surface area (Å²) in [6.45, 7) is 1.89. The maximum atomic E-state index is 8.82. The number of nitrogens with one attached hydrogen (secondary N) is 2. The van der Waals surface area contributed by atoms with Crippen molar-refractivity contribution in [3.63, 3.8) is 0 Å². The van der Waals surface area contributed by atoms with Gasteiger partial charge in [-0.25, -0.2) is 0 Å². The zero-order chi connectivity index (χ0) is 23.5. The normalized spacial score (nSPS) is 18.2. The Morgan fingerprint density at radius 3 is 2.59 bits per heavy atom. The Morgan fingerprint density at radius 1 is 1.06 bits per heavy atom. The molecule has 5 rings (SSSR count). The number of para-hydroxylation sites is 1. The van der Waals surface area contributed by atoms with Crippen molar-refractivity contribution in [1.29, 1.82) is 5.41 Å². The number of benzene rings is 2. The molecule has 1 aliphatic heterocycles. The Morgan fingerprint density at radius 2 is 1.82 bits per heavy atom. The number of aliphatic imine (C=N–C) groups is 1. The number of nitrogens with zero attached hydrogens (tertiary/aromatic N) is 3. The number of rotatable bonds is 5. The molecule has 2 aromatic carbocycles. The predicted octanol–water partition coefficient (Wildman–Crippen LogP) is 6.70. The minimum absolute atomic E-state index is 0.450. The van der Waals surface area contributed by atoms with Gasteiger partial charge >= 0.3 is 0 Å². The van der Waals surface area contributed by atoms with Crippen molar-refractivity contribution < 1.29 is 0 Å². The second-order valence-electron chi connectivity index (χ2n) is 8.43. The van der Waals surface area contributed by atoms with Crippen molar-refractivity contribution in [2.45, 2.75) is 18.8 Å². The molecule has 0 unspecified atom stereocenters. The molecular formula is C27H26ClN5S. The van der Waals surface area contributed by atoms with Gasteiger partial charge in [-0.15, -0.1) is 0 Å². The highest BCUT2D eigenvalue weighted by Gasteiger charge is 2.28. The standard InChI is InChI=1S/C27H26ClN5S/c1-30-27-23(33-16-13-19(14-17-33)18-7-9-21(28)10-8-18)11-12-24(25(27)29)34-32-22-6-2-4-20-5-3-15-31-26(20)22/h2-12,15,19,29,32H,13-14,16-17H2,1H3. The van der Waals surface area contributed by atoms with E-state index >= 15 is 0 Å². The van der Waals surface area contributed by atoms with E-state index in [9.17, 15) is 0 Å². The Balaban J connectivity index is 1.29. The van der Waals surface area contributed by atoms with Crippen molar-refractivity contribution in [2.24, 2.45) is 4.99 Å². The summed E-state index contributed by atoms with van der Waals surface area (Å²) >= 11 is 7.48. The topological polar surface area (TPSA) is 64.4 Å². The molecule has 2 N–H and O–H groups in total. The minimum Gasteiger partial charge on any atom is -0.370 e. The highest BCUT2D eigenvalue weighted by Crippen LogP contribution is 2.33. The molecule has 7 heteroatoms. The van der Waals surface area contributed by atoms with Gasteiger partial charge in [0.1, 0.15) is 5.71 Å². The van der Waals surface area contributed by atoms with Gasteiger partial charge in [0.15, 0.2) is 0 Å². The molecule has 0 saturated carbocycles. The van der Waals surface area contributed by atoms with E-state index in [2.05, 4.69) is 37.8 Å².